The second-order valence-electron chi connectivity index (χ2n) is 9.86. The number of carbonyl (C=O) groups is 1. The van der Waals surface area contributed by atoms with E-state index in [1.165, 1.54) is 18.1 Å². The molecule has 0 saturated carbocycles. The highest BCUT2D eigenvalue weighted by Crippen LogP contribution is 2.31. The van der Waals surface area contributed by atoms with Crippen molar-refractivity contribution in [2.24, 2.45) is 0 Å². The van der Waals surface area contributed by atoms with Crippen LogP contribution in [0.15, 0.2) is 66.7 Å². The number of amides is 1. The number of rotatable bonds is 8. The summed E-state index contributed by atoms with van der Waals surface area (Å²) < 4.78 is 17.4. The van der Waals surface area contributed by atoms with Crippen LogP contribution in [0.4, 0.5) is 5.69 Å². The lowest BCUT2D eigenvalue weighted by Gasteiger charge is -2.25. The summed E-state index contributed by atoms with van der Waals surface area (Å²) >= 11 is 0. The van der Waals surface area contributed by atoms with Gasteiger partial charge in [-0.2, -0.15) is 0 Å². The highest BCUT2D eigenvalue weighted by Gasteiger charge is 2.15. The van der Waals surface area contributed by atoms with Crippen LogP contribution >= 0.6 is 0 Å². The van der Waals surface area contributed by atoms with Gasteiger partial charge in [0.2, 0.25) is 5.91 Å². The van der Waals surface area contributed by atoms with Gasteiger partial charge in [-0.25, -0.2) is 0 Å². The first-order valence-corrected chi connectivity index (χ1v) is 12.0. The third-order valence-corrected chi connectivity index (χ3v) is 5.45. The number of carbonyl (C=O) groups excluding carboxylic acids is 1. The van der Waals surface area contributed by atoms with Crippen molar-refractivity contribution in [1.82, 2.24) is 4.90 Å². The summed E-state index contributed by atoms with van der Waals surface area (Å²) in [5, 5.41) is 2.83. The van der Waals surface area contributed by atoms with Crippen molar-refractivity contribution in [1.29, 1.82) is 0 Å². The van der Waals surface area contributed by atoms with Crippen molar-refractivity contribution in [3.8, 4) is 17.2 Å². The van der Waals surface area contributed by atoms with Gasteiger partial charge in [0, 0.05) is 32.2 Å². The highest BCUT2D eigenvalue weighted by molar-refractivity contribution is 5.88. The van der Waals surface area contributed by atoms with Crippen LogP contribution in [-0.2, 0) is 24.4 Å². The molecule has 1 aliphatic rings. The SMILES string of the molecule is CC(=O)Nc1ccc(CN(Cc2ccc(OC(C)(C)C)cc2)Cc2ccc3c(c2)OCCO3)cc1. The van der Waals surface area contributed by atoms with Gasteiger partial charge >= 0.3 is 0 Å². The maximum absolute atomic E-state index is 11.3. The Hall–Kier alpha value is -3.51. The summed E-state index contributed by atoms with van der Waals surface area (Å²) in [5.41, 5.74) is 4.11. The van der Waals surface area contributed by atoms with Crippen LogP contribution in [0.25, 0.3) is 0 Å². The molecule has 1 heterocycles. The van der Waals surface area contributed by atoms with Gasteiger partial charge in [-0.1, -0.05) is 30.3 Å². The fourth-order valence-corrected chi connectivity index (χ4v) is 4.04. The van der Waals surface area contributed by atoms with Gasteiger partial charge in [0.05, 0.1) is 0 Å². The smallest absolute Gasteiger partial charge is 0.221 e. The van der Waals surface area contributed by atoms with Gasteiger partial charge in [0.25, 0.3) is 0 Å². The van der Waals surface area contributed by atoms with Crippen molar-refractivity contribution in [3.63, 3.8) is 0 Å². The molecule has 1 N–H and O–H groups in total. The second kappa shape index (κ2) is 10.8. The molecule has 0 bridgehead atoms. The molecule has 0 fully saturated rings. The minimum atomic E-state index is -0.227. The molecule has 0 saturated heterocycles. The van der Waals surface area contributed by atoms with Crippen LogP contribution in [-0.4, -0.2) is 29.6 Å². The zero-order chi connectivity index (χ0) is 24.8. The van der Waals surface area contributed by atoms with E-state index in [2.05, 4.69) is 46.6 Å². The zero-order valence-electron chi connectivity index (χ0n) is 21.0. The first-order valence-electron chi connectivity index (χ1n) is 12.0. The summed E-state index contributed by atoms with van der Waals surface area (Å²) in [6.07, 6.45) is 0. The first-order chi connectivity index (χ1) is 16.7. The minimum absolute atomic E-state index is 0.0723. The molecule has 6 nitrogen and oxygen atoms in total. The molecule has 184 valence electrons. The standard InChI is InChI=1S/C29H34N2O4/c1-21(32)30-25-10-5-22(6-11-25)18-31(19-23-7-12-26(13-8-23)35-29(2,3)4)20-24-9-14-27-28(17-24)34-16-15-33-27/h5-14,17H,15-16,18-20H2,1-4H3,(H,30,32). The summed E-state index contributed by atoms with van der Waals surface area (Å²) in [6, 6.07) is 22.5. The Morgan fingerprint density at radius 3 is 1.97 bits per heavy atom. The molecule has 6 heteroatoms. The fraction of sp³-hybridized carbons (Fsp3) is 0.345. The van der Waals surface area contributed by atoms with E-state index in [0.29, 0.717) is 13.2 Å². The molecule has 1 amide bonds. The van der Waals surface area contributed by atoms with E-state index in [9.17, 15) is 4.79 Å². The van der Waals surface area contributed by atoms with E-state index in [1.54, 1.807) is 0 Å². The largest absolute Gasteiger partial charge is 0.488 e. The quantitative estimate of drug-likeness (QED) is 0.447. The molecule has 4 rings (SSSR count). The number of anilines is 1. The number of ether oxygens (including phenoxy) is 3. The number of hydrogen-bond acceptors (Lipinski definition) is 5. The molecule has 35 heavy (non-hydrogen) atoms. The molecule has 0 aliphatic carbocycles. The van der Waals surface area contributed by atoms with E-state index < -0.39 is 0 Å². The van der Waals surface area contributed by atoms with Gasteiger partial charge in [-0.3, -0.25) is 9.69 Å². The van der Waals surface area contributed by atoms with E-state index in [0.717, 1.165) is 48.1 Å². The van der Waals surface area contributed by atoms with Gasteiger partial charge in [-0.05, 0) is 73.9 Å². The molecule has 1 aliphatic heterocycles. The maximum Gasteiger partial charge on any atom is 0.221 e. The molecular weight excluding hydrogens is 440 g/mol. The highest BCUT2D eigenvalue weighted by atomic mass is 16.6. The molecule has 3 aromatic carbocycles. The van der Waals surface area contributed by atoms with E-state index in [1.807, 2.05) is 51.1 Å². The van der Waals surface area contributed by atoms with Crippen LogP contribution in [0.5, 0.6) is 17.2 Å². The predicted molar refractivity (Wildman–Crippen MR) is 138 cm³/mol. The van der Waals surface area contributed by atoms with Gasteiger partial charge < -0.3 is 19.5 Å². The summed E-state index contributed by atoms with van der Waals surface area (Å²) in [5.74, 6) is 2.40. The average molecular weight is 475 g/mol. The van der Waals surface area contributed by atoms with Crippen molar-refractivity contribution >= 4 is 11.6 Å². The lowest BCUT2D eigenvalue weighted by Crippen LogP contribution is -2.23. The fourth-order valence-electron chi connectivity index (χ4n) is 4.04. The number of nitrogens with one attached hydrogen (secondary N) is 1. The van der Waals surface area contributed by atoms with Crippen LogP contribution in [0.3, 0.4) is 0 Å². The van der Waals surface area contributed by atoms with E-state index in [4.69, 9.17) is 14.2 Å². The molecule has 0 unspecified atom stereocenters. The Morgan fingerprint density at radius 1 is 0.829 bits per heavy atom. The summed E-state index contributed by atoms with van der Waals surface area (Å²) in [6.45, 7) is 11.1. The second-order valence-corrected chi connectivity index (χ2v) is 9.86. The average Bonchev–Trinajstić information content (AvgIpc) is 2.80. The van der Waals surface area contributed by atoms with E-state index >= 15 is 0 Å². The first kappa shape index (κ1) is 24.6. The lowest BCUT2D eigenvalue weighted by molar-refractivity contribution is -0.114. The van der Waals surface area contributed by atoms with Crippen molar-refractivity contribution in [2.45, 2.75) is 52.9 Å². The van der Waals surface area contributed by atoms with Crippen LogP contribution in [0.2, 0.25) is 0 Å². The van der Waals surface area contributed by atoms with Crippen molar-refractivity contribution in [2.75, 3.05) is 18.5 Å². The zero-order valence-corrected chi connectivity index (χ0v) is 21.0. The minimum Gasteiger partial charge on any atom is -0.488 e. The third-order valence-electron chi connectivity index (χ3n) is 5.45. The molecular formula is C29H34N2O4. The van der Waals surface area contributed by atoms with Crippen LogP contribution < -0.4 is 19.5 Å². The lowest BCUT2D eigenvalue weighted by atomic mass is 10.1. The Morgan fingerprint density at radius 2 is 1.37 bits per heavy atom. The van der Waals surface area contributed by atoms with Gasteiger partial charge in [0.15, 0.2) is 11.5 Å². The topological polar surface area (TPSA) is 60.0 Å². The molecule has 3 aromatic rings. The molecule has 0 aromatic heterocycles. The summed E-state index contributed by atoms with van der Waals surface area (Å²) in [4.78, 5) is 13.7. The van der Waals surface area contributed by atoms with Gasteiger partial charge in [-0.15, -0.1) is 0 Å². The van der Waals surface area contributed by atoms with Crippen molar-refractivity contribution < 1.29 is 19.0 Å². The Kier molecular flexibility index (Phi) is 7.61. The van der Waals surface area contributed by atoms with Gasteiger partial charge in [0.1, 0.15) is 24.6 Å². The predicted octanol–water partition coefficient (Wildman–Crippen LogP) is 5.80. The monoisotopic (exact) mass is 474 g/mol. The molecule has 0 atom stereocenters. The van der Waals surface area contributed by atoms with Crippen LogP contribution in [0, 0.1) is 0 Å². The maximum atomic E-state index is 11.3. The Balaban J connectivity index is 1.51. The van der Waals surface area contributed by atoms with E-state index in [-0.39, 0.29) is 11.5 Å². The molecule has 0 radical (unpaired) electrons. The number of benzene rings is 3. The molecule has 0 spiro atoms. The number of hydrogen-bond donors (Lipinski definition) is 1. The van der Waals surface area contributed by atoms with Crippen LogP contribution in [0.1, 0.15) is 44.4 Å². The number of nitrogens with zero attached hydrogens (tertiary/aromatic N) is 1. The normalized spacial score (nSPS) is 12.9. The van der Waals surface area contributed by atoms with Crippen molar-refractivity contribution in [3.05, 3.63) is 83.4 Å². The third kappa shape index (κ3) is 7.49. The Labute approximate surface area is 207 Å². The summed E-state index contributed by atoms with van der Waals surface area (Å²) in [7, 11) is 0. The Bertz CT molecular complexity index is 1130. The number of fused-ring (bicyclic) bond motifs is 1.